The lowest BCUT2D eigenvalue weighted by Crippen LogP contribution is -2.66. The lowest BCUT2D eigenvalue weighted by molar-refractivity contribution is -0.748. The molecule has 3 aliphatic heterocycles. The first-order valence-electron chi connectivity index (χ1n) is 20.9. The van der Waals surface area contributed by atoms with Crippen LogP contribution in [0.25, 0.3) is 55.5 Å². The Morgan fingerprint density at radius 1 is 0.759 bits per heavy atom. The van der Waals surface area contributed by atoms with Gasteiger partial charge in [-0.1, -0.05) is 110 Å². The van der Waals surface area contributed by atoms with Gasteiger partial charge in [0.1, 0.15) is 29.1 Å². The number of likely N-dealkylation sites (N-methyl/N-ethyl adjacent to an activating group) is 1. The van der Waals surface area contributed by atoms with Crippen molar-refractivity contribution in [2.24, 2.45) is 0 Å². The molecule has 6 heterocycles. The van der Waals surface area contributed by atoms with Crippen molar-refractivity contribution in [3.63, 3.8) is 0 Å². The smallest absolute Gasteiger partial charge is 0.296 e. The number of allylic oxidation sites excluding steroid dienone is 1. The molecule has 8 aromatic rings. The van der Waals surface area contributed by atoms with Crippen LogP contribution in [0.1, 0.15) is 67.0 Å². The van der Waals surface area contributed by atoms with E-state index in [1.807, 2.05) is 6.20 Å². The van der Waals surface area contributed by atoms with E-state index in [0.29, 0.717) is 0 Å². The van der Waals surface area contributed by atoms with Crippen molar-refractivity contribution in [1.29, 1.82) is 0 Å². The molecule has 286 valence electrons. The van der Waals surface area contributed by atoms with Crippen LogP contribution in [0.5, 0.6) is 0 Å². The van der Waals surface area contributed by atoms with Gasteiger partial charge in [-0.3, -0.25) is 0 Å². The Hall–Kier alpha value is -6.27. The molecular weight excluding hydrogens is 709 g/mol. The summed E-state index contributed by atoms with van der Waals surface area (Å²) in [5.41, 5.74) is 16.7. The molecule has 3 unspecified atom stereocenters. The summed E-state index contributed by atoms with van der Waals surface area (Å²) < 4.78 is 5.28. The second kappa shape index (κ2) is 12.1. The molecule has 0 bridgehead atoms. The summed E-state index contributed by atoms with van der Waals surface area (Å²) in [6, 6.07) is 38.2. The summed E-state index contributed by atoms with van der Waals surface area (Å²) >= 11 is 0. The molecule has 6 heteroatoms. The highest BCUT2D eigenvalue weighted by Crippen LogP contribution is 2.58. The second-order valence-electron chi connectivity index (χ2n) is 17.2. The maximum absolute atomic E-state index is 5.29. The van der Waals surface area contributed by atoms with Crippen molar-refractivity contribution < 1.29 is 4.57 Å². The standard InChI is InChI=1S/C52H49N6/c1-9-51(7)52(10-2,28-39-36-21-13-14-24-41(36)57-43-29-53-47(35-20-12-11-17-32(35)4)54-48(43)55(8)49(39)57)40-23-16-22-37-38-27-31(3)25-26-42(38)58-44(30-56(51)50(58)46(37)40)45-33(5)18-15-19-34(45)6/h11-30,49H,9-10H2,1-8H3/q+1. The Bertz CT molecular complexity index is 3080. The van der Waals surface area contributed by atoms with Gasteiger partial charge in [0, 0.05) is 40.1 Å². The average molecular weight is 758 g/mol. The van der Waals surface area contributed by atoms with Gasteiger partial charge >= 0.3 is 0 Å². The number of benzene rings is 5. The zero-order valence-electron chi connectivity index (χ0n) is 34.7. The van der Waals surface area contributed by atoms with E-state index in [4.69, 9.17) is 9.97 Å². The first-order valence-corrected chi connectivity index (χ1v) is 20.9. The van der Waals surface area contributed by atoms with Crippen LogP contribution in [-0.2, 0) is 11.0 Å². The van der Waals surface area contributed by atoms with Gasteiger partial charge in [0.25, 0.3) is 5.65 Å². The molecule has 3 aliphatic rings. The fourth-order valence-corrected chi connectivity index (χ4v) is 11.3. The van der Waals surface area contributed by atoms with E-state index in [-0.39, 0.29) is 17.1 Å². The number of rotatable bonds is 5. The van der Waals surface area contributed by atoms with Crippen LogP contribution >= 0.6 is 0 Å². The highest BCUT2D eigenvalue weighted by Gasteiger charge is 2.58. The molecular formula is C52H49N6+. The largest absolute Gasteiger partial charge is 0.333 e. The predicted molar refractivity (Wildman–Crippen MR) is 239 cm³/mol. The van der Waals surface area contributed by atoms with Crippen LogP contribution in [0.15, 0.2) is 122 Å². The molecule has 0 amide bonds. The van der Waals surface area contributed by atoms with Crippen LogP contribution in [0.4, 0.5) is 17.2 Å². The lowest BCUT2D eigenvalue weighted by atomic mass is 9.59. The van der Waals surface area contributed by atoms with Gasteiger partial charge in [0.05, 0.1) is 22.7 Å². The highest BCUT2D eigenvalue weighted by atomic mass is 15.5. The fourth-order valence-electron chi connectivity index (χ4n) is 11.3. The van der Waals surface area contributed by atoms with Crippen LogP contribution in [0.3, 0.4) is 0 Å². The summed E-state index contributed by atoms with van der Waals surface area (Å²) in [5.74, 6) is 1.72. The normalized spacial score (nSPS) is 21.2. The van der Waals surface area contributed by atoms with Crippen molar-refractivity contribution in [2.75, 3.05) is 16.8 Å². The summed E-state index contributed by atoms with van der Waals surface area (Å²) in [6.07, 6.45) is 9.05. The van der Waals surface area contributed by atoms with E-state index in [1.165, 1.54) is 83.2 Å². The minimum atomic E-state index is -0.373. The van der Waals surface area contributed by atoms with Crippen LogP contribution < -0.4 is 14.4 Å². The number of nitrogens with zero attached hydrogens (tertiary/aromatic N) is 6. The van der Waals surface area contributed by atoms with Crippen LogP contribution in [0.2, 0.25) is 0 Å². The molecule has 0 fully saturated rings. The molecule has 3 atom stereocenters. The summed E-state index contributed by atoms with van der Waals surface area (Å²) in [6.45, 7) is 16.2. The molecule has 0 saturated carbocycles. The molecule has 11 rings (SSSR count). The Balaban J connectivity index is 1.22. The van der Waals surface area contributed by atoms with Gasteiger partial charge in [-0.2, -0.15) is 4.40 Å². The molecule has 0 saturated heterocycles. The number of fused-ring (bicyclic) bond motifs is 8. The third-order valence-electron chi connectivity index (χ3n) is 14.4. The lowest BCUT2D eigenvalue weighted by Gasteiger charge is -2.48. The number of pyridine rings is 1. The van der Waals surface area contributed by atoms with Gasteiger partial charge < -0.3 is 9.80 Å². The van der Waals surface area contributed by atoms with Gasteiger partial charge in [-0.25, -0.2) is 14.5 Å². The predicted octanol–water partition coefficient (Wildman–Crippen LogP) is 11.7. The molecule has 0 spiro atoms. The zero-order valence-corrected chi connectivity index (χ0v) is 34.7. The third kappa shape index (κ3) is 4.30. The molecule has 6 nitrogen and oxygen atoms in total. The van der Waals surface area contributed by atoms with E-state index in [1.54, 1.807) is 0 Å². The molecule has 5 aromatic carbocycles. The van der Waals surface area contributed by atoms with E-state index >= 15 is 0 Å². The first kappa shape index (κ1) is 34.9. The minimum Gasteiger partial charge on any atom is -0.333 e. The summed E-state index contributed by atoms with van der Waals surface area (Å²) in [4.78, 5) is 15.1. The van der Waals surface area contributed by atoms with E-state index in [0.717, 1.165) is 35.7 Å². The van der Waals surface area contributed by atoms with Crippen molar-refractivity contribution >= 4 is 50.1 Å². The molecule has 3 aromatic heterocycles. The quantitative estimate of drug-likeness (QED) is 0.129. The Labute approximate surface area is 340 Å². The van der Waals surface area contributed by atoms with Crippen LogP contribution in [-0.4, -0.2) is 27.6 Å². The molecule has 0 aliphatic carbocycles. The Morgan fingerprint density at radius 3 is 2.24 bits per heavy atom. The third-order valence-corrected chi connectivity index (χ3v) is 14.4. The van der Waals surface area contributed by atoms with Gasteiger partial charge in [0.15, 0.2) is 17.3 Å². The van der Waals surface area contributed by atoms with E-state index in [9.17, 15) is 0 Å². The Kier molecular flexibility index (Phi) is 7.30. The number of aryl methyl sites for hydroxylation is 4. The van der Waals surface area contributed by atoms with Crippen molar-refractivity contribution in [3.8, 4) is 22.6 Å². The number of para-hydroxylation sites is 1. The maximum atomic E-state index is 5.29. The van der Waals surface area contributed by atoms with Gasteiger partial charge in [-0.15, -0.1) is 0 Å². The number of hydrogen-bond acceptors (Lipinski definition) is 4. The number of imidazole rings is 1. The fraction of sp³-hybridized carbons (Fsp3) is 0.250. The second-order valence-corrected chi connectivity index (χ2v) is 17.2. The minimum absolute atomic E-state index is 0.0672. The maximum Gasteiger partial charge on any atom is 0.296 e. The summed E-state index contributed by atoms with van der Waals surface area (Å²) in [7, 11) is 2.21. The van der Waals surface area contributed by atoms with Crippen LogP contribution in [0, 0.1) is 27.7 Å². The van der Waals surface area contributed by atoms with Crippen molar-refractivity contribution in [2.45, 2.75) is 78.4 Å². The molecule has 58 heavy (non-hydrogen) atoms. The first-order chi connectivity index (χ1) is 28.1. The van der Waals surface area contributed by atoms with Crippen molar-refractivity contribution in [1.82, 2.24) is 14.4 Å². The van der Waals surface area contributed by atoms with E-state index in [2.05, 4.69) is 190 Å². The highest BCUT2D eigenvalue weighted by molar-refractivity contribution is 6.14. The number of aromatic nitrogens is 4. The number of anilines is 3. The zero-order chi connectivity index (χ0) is 39.8. The van der Waals surface area contributed by atoms with E-state index < -0.39 is 0 Å². The molecule has 0 radical (unpaired) electrons. The van der Waals surface area contributed by atoms with Gasteiger partial charge in [-0.05, 0) is 87.9 Å². The SMILES string of the molecule is CCC1(C=C2c3ccccc3N3c4cnc(-c5ccccc5C)nc4N(C)C23)c2cccc3c4cc(C)ccc4n4c(-c5c(C)cccc5C)c[n+](c4c23)C1(C)CC. The van der Waals surface area contributed by atoms with Crippen molar-refractivity contribution in [3.05, 3.63) is 155 Å². The van der Waals surface area contributed by atoms with Gasteiger partial charge in [0.2, 0.25) is 0 Å². The number of hydrogen-bond donors (Lipinski definition) is 0. The average Bonchev–Trinajstić information content (AvgIpc) is 3.88. The topological polar surface area (TPSA) is 40.6 Å². The monoisotopic (exact) mass is 757 g/mol. The Morgan fingerprint density at radius 2 is 1.48 bits per heavy atom. The summed E-state index contributed by atoms with van der Waals surface area (Å²) in [5, 5.41) is 3.96. The molecule has 0 N–H and O–H groups in total.